The first-order valence-electron chi connectivity index (χ1n) is 15.9. The van der Waals surface area contributed by atoms with Crippen LogP contribution in [0.4, 0.5) is 19.3 Å². The van der Waals surface area contributed by atoms with Gasteiger partial charge in [-0.05, 0) is 79.5 Å². The third-order valence-corrected chi connectivity index (χ3v) is 9.56. The number of amides is 2. The van der Waals surface area contributed by atoms with Crippen molar-refractivity contribution in [3.05, 3.63) is 115 Å². The Morgan fingerprint density at radius 1 is 1.00 bits per heavy atom. The number of benzene rings is 3. The van der Waals surface area contributed by atoms with E-state index < -0.39 is 35.4 Å². The van der Waals surface area contributed by atoms with Gasteiger partial charge in [0.1, 0.15) is 16.5 Å². The average molecular weight is 706 g/mol. The second kappa shape index (κ2) is 15.6. The molecule has 0 bridgehead atoms. The molecule has 0 aliphatic carbocycles. The summed E-state index contributed by atoms with van der Waals surface area (Å²) in [5.74, 6) is -2.86. The van der Waals surface area contributed by atoms with Crippen molar-refractivity contribution in [1.82, 2.24) is 19.4 Å². The molecule has 2 heterocycles. The number of carbonyl (C=O) groups excluding carboxylic acids is 1. The standard InChI is InChI=1S/C36H37F2N5O6S/c1-5-21-18-24(14-15-25(21)34(45)46)43-32(44)30-27(19-41(3)16-17-49-4)31(22-10-12-23(13-11-22)40-35(47)39-6-2)50-33(30)42(36(43)48)20-26-28(37)8-7-9-29(26)38/h7-15,18H,5-6,16-17,19-20H2,1-4H3,(H,45,46)(H2,39,40,47). The summed E-state index contributed by atoms with van der Waals surface area (Å²) in [6.07, 6.45) is 0.310. The first kappa shape index (κ1) is 36.1. The van der Waals surface area contributed by atoms with Gasteiger partial charge < -0.3 is 20.5 Å². The van der Waals surface area contributed by atoms with Crippen molar-refractivity contribution in [2.75, 3.05) is 39.2 Å². The molecule has 0 aliphatic rings. The normalized spacial score (nSPS) is 11.3. The number of carboxylic acid groups (broad SMARTS) is 1. The van der Waals surface area contributed by atoms with Gasteiger partial charge in [-0.15, -0.1) is 11.3 Å². The topological polar surface area (TPSA) is 135 Å². The highest BCUT2D eigenvalue weighted by atomic mass is 32.1. The van der Waals surface area contributed by atoms with E-state index in [0.717, 1.165) is 28.0 Å². The minimum atomic E-state index is -1.15. The molecular weight excluding hydrogens is 668 g/mol. The molecule has 0 radical (unpaired) electrons. The lowest BCUT2D eigenvalue weighted by molar-refractivity contribution is 0.0695. The van der Waals surface area contributed by atoms with Crippen molar-refractivity contribution in [2.45, 2.75) is 33.4 Å². The van der Waals surface area contributed by atoms with Crippen LogP contribution < -0.4 is 21.9 Å². The molecule has 5 aromatic rings. The number of nitrogens with one attached hydrogen (secondary N) is 2. The fourth-order valence-corrected chi connectivity index (χ4v) is 7.02. The number of fused-ring (bicyclic) bond motifs is 1. The van der Waals surface area contributed by atoms with Gasteiger partial charge in [-0.2, -0.15) is 0 Å². The number of hydrogen-bond donors (Lipinski definition) is 3. The third-order valence-electron chi connectivity index (χ3n) is 8.26. The molecule has 262 valence electrons. The molecule has 0 unspecified atom stereocenters. The minimum Gasteiger partial charge on any atom is -0.478 e. The number of carboxylic acids is 1. The molecule has 3 aromatic carbocycles. The van der Waals surface area contributed by atoms with E-state index in [1.807, 2.05) is 11.9 Å². The van der Waals surface area contributed by atoms with Crippen molar-refractivity contribution in [1.29, 1.82) is 0 Å². The number of aromatic nitrogens is 2. The van der Waals surface area contributed by atoms with E-state index in [9.17, 15) is 24.3 Å². The SMILES string of the molecule is CCNC(=O)Nc1ccc(-c2sc3c(c2CN(C)CCOC)c(=O)n(-c2ccc(C(=O)O)c(CC)c2)c(=O)n3Cc2c(F)cccc2F)cc1. The molecule has 2 aromatic heterocycles. The second-order valence-corrected chi connectivity index (χ2v) is 12.6. The number of nitrogens with zero attached hydrogens (tertiary/aromatic N) is 3. The molecule has 0 fully saturated rings. The predicted octanol–water partition coefficient (Wildman–Crippen LogP) is 5.69. The summed E-state index contributed by atoms with van der Waals surface area (Å²) >= 11 is 1.14. The fourth-order valence-electron chi connectivity index (χ4n) is 5.72. The van der Waals surface area contributed by atoms with Crippen molar-refractivity contribution >= 4 is 39.2 Å². The third kappa shape index (κ3) is 7.37. The van der Waals surface area contributed by atoms with Gasteiger partial charge in [0.15, 0.2) is 0 Å². The number of likely N-dealkylation sites (N-methyl/N-ethyl adjacent to an activating group) is 1. The van der Waals surface area contributed by atoms with Gasteiger partial charge in [-0.1, -0.05) is 25.1 Å². The molecule has 3 N–H and O–H groups in total. The quantitative estimate of drug-likeness (QED) is 0.143. The van der Waals surface area contributed by atoms with Crippen LogP contribution in [-0.2, 0) is 24.2 Å². The van der Waals surface area contributed by atoms with Crippen LogP contribution in [-0.4, -0.2) is 65.0 Å². The zero-order valence-corrected chi connectivity index (χ0v) is 28.8. The molecule has 0 saturated carbocycles. The van der Waals surface area contributed by atoms with Crippen LogP contribution in [0.15, 0.2) is 70.3 Å². The molecule has 0 atom stereocenters. The van der Waals surface area contributed by atoms with Crippen LogP contribution in [0.2, 0.25) is 0 Å². The fraction of sp³-hybridized carbons (Fsp3) is 0.278. The molecule has 50 heavy (non-hydrogen) atoms. The summed E-state index contributed by atoms with van der Waals surface area (Å²) in [4.78, 5) is 55.8. The predicted molar refractivity (Wildman–Crippen MR) is 190 cm³/mol. The average Bonchev–Trinajstić information content (AvgIpc) is 3.46. The number of rotatable bonds is 13. The number of aryl methyl sites for hydroxylation is 1. The van der Waals surface area contributed by atoms with Crippen LogP contribution in [0.3, 0.4) is 0 Å². The lowest BCUT2D eigenvalue weighted by Gasteiger charge is -2.18. The molecular formula is C36H37F2N5O6S. The summed E-state index contributed by atoms with van der Waals surface area (Å²) in [7, 11) is 3.43. The Labute approximate surface area is 290 Å². The van der Waals surface area contributed by atoms with E-state index in [-0.39, 0.29) is 39.6 Å². The highest BCUT2D eigenvalue weighted by molar-refractivity contribution is 7.22. The number of aromatic carboxylic acids is 1. The smallest absolute Gasteiger partial charge is 0.337 e. The first-order valence-corrected chi connectivity index (χ1v) is 16.7. The van der Waals surface area contributed by atoms with E-state index >= 15 is 8.78 Å². The van der Waals surface area contributed by atoms with E-state index in [1.165, 1.54) is 28.8 Å². The number of ether oxygens (including phenoxy) is 1. The van der Waals surface area contributed by atoms with E-state index in [0.29, 0.717) is 53.4 Å². The van der Waals surface area contributed by atoms with Crippen LogP contribution in [0, 0.1) is 11.6 Å². The number of methoxy groups -OCH3 is 1. The van der Waals surface area contributed by atoms with Gasteiger partial charge >= 0.3 is 17.7 Å². The lowest BCUT2D eigenvalue weighted by atomic mass is 10.0. The summed E-state index contributed by atoms with van der Waals surface area (Å²) in [5, 5.41) is 15.3. The molecule has 11 nitrogen and oxygen atoms in total. The summed E-state index contributed by atoms with van der Waals surface area (Å²) in [6, 6.07) is 14.2. The van der Waals surface area contributed by atoms with Crippen LogP contribution in [0.5, 0.6) is 0 Å². The number of hydrogen-bond acceptors (Lipinski definition) is 7. The first-order chi connectivity index (χ1) is 24.0. The Bertz CT molecular complexity index is 2160. The van der Waals surface area contributed by atoms with E-state index in [1.54, 1.807) is 45.2 Å². The summed E-state index contributed by atoms with van der Waals surface area (Å²) < 4.78 is 37.5. The molecule has 14 heteroatoms. The van der Waals surface area contributed by atoms with Gasteiger partial charge in [-0.25, -0.2) is 27.7 Å². The Morgan fingerprint density at radius 2 is 1.70 bits per heavy atom. The second-order valence-electron chi connectivity index (χ2n) is 11.6. The Balaban J connectivity index is 1.82. The Hall–Kier alpha value is -5.18. The number of halogens is 2. The van der Waals surface area contributed by atoms with Crippen molar-refractivity contribution in [3.63, 3.8) is 0 Å². The van der Waals surface area contributed by atoms with Gasteiger partial charge in [0.05, 0.1) is 29.8 Å². The van der Waals surface area contributed by atoms with E-state index in [2.05, 4.69) is 10.6 Å². The molecule has 0 saturated heterocycles. The maximum absolute atomic E-state index is 15.1. The zero-order valence-electron chi connectivity index (χ0n) is 28.0. The van der Waals surface area contributed by atoms with Gasteiger partial charge in [0.25, 0.3) is 5.56 Å². The minimum absolute atomic E-state index is 0.0301. The Morgan fingerprint density at radius 3 is 2.32 bits per heavy atom. The number of thiophene rings is 1. The zero-order chi connectivity index (χ0) is 36.1. The van der Waals surface area contributed by atoms with Crippen molar-refractivity contribution in [3.8, 4) is 16.1 Å². The number of urea groups is 1. The van der Waals surface area contributed by atoms with Crippen LogP contribution in [0.1, 0.15) is 40.9 Å². The molecule has 2 amide bonds. The Kier molecular flexibility index (Phi) is 11.2. The van der Waals surface area contributed by atoms with Crippen LogP contribution >= 0.6 is 11.3 Å². The molecule has 0 aliphatic heterocycles. The summed E-state index contributed by atoms with van der Waals surface area (Å²) in [6.45, 7) is 4.65. The molecule has 0 spiro atoms. The van der Waals surface area contributed by atoms with Crippen molar-refractivity contribution in [2.24, 2.45) is 0 Å². The van der Waals surface area contributed by atoms with Gasteiger partial charge in [-0.3, -0.25) is 14.3 Å². The number of anilines is 1. The van der Waals surface area contributed by atoms with Gasteiger partial charge in [0, 0.05) is 42.9 Å². The highest BCUT2D eigenvalue weighted by Gasteiger charge is 2.26. The molecule has 5 rings (SSSR count). The highest BCUT2D eigenvalue weighted by Crippen LogP contribution is 2.38. The maximum Gasteiger partial charge on any atom is 0.337 e. The summed E-state index contributed by atoms with van der Waals surface area (Å²) in [5.41, 5.74) is 0.491. The largest absolute Gasteiger partial charge is 0.478 e. The number of carbonyl (C=O) groups is 2. The van der Waals surface area contributed by atoms with E-state index in [4.69, 9.17) is 4.74 Å². The lowest BCUT2D eigenvalue weighted by Crippen LogP contribution is -2.39. The maximum atomic E-state index is 15.1. The van der Waals surface area contributed by atoms with Crippen molar-refractivity contribution < 1.29 is 28.2 Å². The monoisotopic (exact) mass is 705 g/mol. The van der Waals surface area contributed by atoms with Gasteiger partial charge in [0.2, 0.25) is 0 Å². The van der Waals surface area contributed by atoms with Crippen LogP contribution in [0.25, 0.3) is 26.3 Å².